The van der Waals surface area contributed by atoms with Crippen molar-refractivity contribution in [2.75, 3.05) is 19.6 Å². The summed E-state index contributed by atoms with van der Waals surface area (Å²) in [5.74, 6) is 1.62. The number of rotatable bonds is 6. The van der Waals surface area contributed by atoms with E-state index in [9.17, 15) is 4.79 Å². The van der Waals surface area contributed by atoms with Gasteiger partial charge in [-0.25, -0.2) is 0 Å². The molecule has 1 saturated heterocycles. The Morgan fingerprint density at radius 3 is 2.81 bits per heavy atom. The van der Waals surface area contributed by atoms with E-state index < -0.39 is 0 Å². The topological polar surface area (TPSA) is 41.1 Å². The van der Waals surface area contributed by atoms with Gasteiger partial charge in [-0.1, -0.05) is 13.8 Å². The first kappa shape index (κ1) is 15.7. The lowest BCUT2D eigenvalue weighted by molar-refractivity contribution is -0.121. The van der Waals surface area contributed by atoms with Crippen molar-refractivity contribution >= 4 is 18.3 Å². The Morgan fingerprint density at radius 1 is 1.50 bits per heavy atom. The molecule has 1 rings (SSSR count). The molecule has 1 amide bonds. The Morgan fingerprint density at radius 2 is 2.25 bits per heavy atom. The minimum Gasteiger partial charge on any atom is -0.356 e. The predicted molar refractivity (Wildman–Crippen MR) is 69.9 cm³/mol. The van der Waals surface area contributed by atoms with Crippen molar-refractivity contribution in [3.05, 3.63) is 0 Å². The van der Waals surface area contributed by atoms with Gasteiger partial charge in [0.15, 0.2) is 0 Å². The molecule has 0 radical (unpaired) electrons. The summed E-state index contributed by atoms with van der Waals surface area (Å²) in [6.45, 7) is 7.41. The molecule has 0 saturated carbocycles. The van der Waals surface area contributed by atoms with Crippen molar-refractivity contribution in [3.8, 4) is 0 Å². The number of carbonyl (C=O) groups is 1. The molecule has 2 N–H and O–H groups in total. The molecule has 0 aromatic rings. The van der Waals surface area contributed by atoms with Gasteiger partial charge in [-0.15, -0.1) is 12.4 Å². The fraction of sp³-hybridized carbons (Fsp3) is 0.917. The highest BCUT2D eigenvalue weighted by molar-refractivity contribution is 5.85. The summed E-state index contributed by atoms with van der Waals surface area (Å²) in [6.07, 6.45) is 4.06. The summed E-state index contributed by atoms with van der Waals surface area (Å²) in [5.41, 5.74) is 0. The number of hydrogen-bond acceptors (Lipinski definition) is 2. The van der Waals surface area contributed by atoms with Crippen molar-refractivity contribution < 1.29 is 4.79 Å². The zero-order chi connectivity index (χ0) is 11.1. The minimum atomic E-state index is 0. The molecule has 1 unspecified atom stereocenters. The van der Waals surface area contributed by atoms with Crippen LogP contribution >= 0.6 is 12.4 Å². The molecule has 0 bridgehead atoms. The zero-order valence-corrected chi connectivity index (χ0v) is 11.2. The van der Waals surface area contributed by atoms with E-state index >= 15 is 0 Å². The molecule has 4 heteroatoms. The Balaban J connectivity index is 0.00000225. The maximum atomic E-state index is 11.4. The molecule has 96 valence electrons. The van der Waals surface area contributed by atoms with Gasteiger partial charge >= 0.3 is 0 Å². The van der Waals surface area contributed by atoms with Crippen molar-refractivity contribution in [3.63, 3.8) is 0 Å². The van der Waals surface area contributed by atoms with Gasteiger partial charge in [0, 0.05) is 13.0 Å². The second kappa shape index (κ2) is 8.82. The normalized spacial score (nSPS) is 19.6. The highest BCUT2D eigenvalue weighted by atomic mass is 35.5. The van der Waals surface area contributed by atoms with Crippen LogP contribution in [0.5, 0.6) is 0 Å². The van der Waals surface area contributed by atoms with Crippen LogP contribution in [0.1, 0.15) is 39.5 Å². The first-order valence-electron chi connectivity index (χ1n) is 6.16. The molecule has 1 heterocycles. The standard InChI is InChI=1S/C12H24N2O.ClH/c1-10(2)5-8-14-12(15)4-3-11-6-7-13-9-11;/h10-11,13H,3-9H2,1-2H3,(H,14,15);1H. The largest absolute Gasteiger partial charge is 0.356 e. The molecule has 1 aliphatic rings. The first-order valence-corrected chi connectivity index (χ1v) is 6.16. The summed E-state index contributed by atoms with van der Waals surface area (Å²) < 4.78 is 0. The van der Waals surface area contributed by atoms with Crippen molar-refractivity contribution in [2.24, 2.45) is 11.8 Å². The van der Waals surface area contributed by atoms with Crippen LogP contribution in [-0.2, 0) is 4.79 Å². The van der Waals surface area contributed by atoms with Gasteiger partial charge in [-0.3, -0.25) is 4.79 Å². The van der Waals surface area contributed by atoms with Crippen LogP contribution in [0.2, 0.25) is 0 Å². The van der Waals surface area contributed by atoms with Crippen LogP contribution in [-0.4, -0.2) is 25.5 Å². The zero-order valence-electron chi connectivity index (χ0n) is 10.4. The average molecular weight is 249 g/mol. The summed E-state index contributed by atoms with van der Waals surface area (Å²) in [4.78, 5) is 11.4. The van der Waals surface area contributed by atoms with Gasteiger partial charge in [0.1, 0.15) is 0 Å². The van der Waals surface area contributed by atoms with E-state index in [1.54, 1.807) is 0 Å². The molecular formula is C12H25ClN2O. The second-order valence-corrected chi connectivity index (χ2v) is 4.93. The molecule has 0 spiro atoms. The molecule has 1 atom stereocenters. The second-order valence-electron chi connectivity index (χ2n) is 4.93. The minimum absolute atomic E-state index is 0. The third kappa shape index (κ3) is 7.07. The van der Waals surface area contributed by atoms with E-state index in [2.05, 4.69) is 24.5 Å². The lowest BCUT2D eigenvalue weighted by Crippen LogP contribution is -2.25. The lowest BCUT2D eigenvalue weighted by atomic mass is 10.0. The monoisotopic (exact) mass is 248 g/mol. The first-order chi connectivity index (χ1) is 7.18. The molecule has 0 aromatic carbocycles. The molecule has 0 aliphatic carbocycles. The summed E-state index contributed by atoms with van der Waals surface area (Å²) in [7, 11) is 0. The van der Waals surface area contributed by atoms with Crippen molar-refractivity contribution in [1.82, 2.24) is 10.6 Å². The Labute approximate surface area is 105 Å². The molecule has 1 fully saturated rings. The van der Waals surface area contributed by atoms with E-state index in [4.69, 9.17) is 0 Å². The number of carbonyl (C=O) groups excluding carboxylic acids is 1. The van der Waals surface area contributed by atoms with Crippen LogP contribution in [0.15, 0.2) is 0 Å². The van der Waals surface area contributed by atoms with Gasteiger partial charge in [0.25, 0.3) is 0 Å². The Bertz CT molecular complexity index is 191. The maximum Gasteiger partial charge on any atom is 0.220 e. The molecular weight excluding hydrogens is 224 g/mol. The lowest BCUT2D eigenvalue weighted by Gasteiger charge is -2.09. The van der Waals surface area contributed by atoms with Gasteiger partial charge in [-0.05, 0) is 44.2 Å². The molecule has 3 nitrogen and oxygen atoms in total. The average Bonchev–Trinajstić information content (AvgIpc) is 2.66. The van der Waals surface area contributed by atoms with Gasteiger partial charge < -0.3 is 10.6 Å². The SMILES string of the molecule is CC(C)CCNC(=O)CCC1CCNC1.Cl. The quantitative estimate of drug-likeness (QED) is 0.755. The summed E-state index contributed by atoms with van der Waals surface area (Å²) in [5, 5.41) is 6.30. The molecule has 16 heavy (non-hydrogen) atoms. The van der Waals surface area contributed by atoms with Gasteiger partial charge in [0.2, 0.25) is 5.91 Å². The highest BCUT2D eigenvalue weighted by Gasteiger charge is 2.15. The van der Waals surface area contributed by atoms with Crippen molar-refractivity contribution in [2.45, 2.75) is 39.5 Å². The van der Waals surface area contributed by atoms with E-state index in [0.717, 1.165) is 38.4 Å². The fourth-order valence-electron chi connectivity index (χ4n) is 1.88. The van der Waals surface area contributed by atoms with Crippen LogP contribution < -0.4 is 10.6 Å². The van der Waals surface area contributed by atoms with E-state index in [0.29, 0.717) is 12.3 Å². The summed E-state index contributed by atoms with van der Waals surface area (Å²) in [6, 6.07) is 0. The fourth-order valence-corrected chi connectivity index (χ4v) is 1.88. The third-order valence-corrected chi connectivity index (χ3v) is 2.99. The predicted octanol–water partition coefficient (Wildman–Crippen LogP) is 1.96. The number of nitrogens with one attached hydrogen (secondary N) is 2. The van der Waals surface area contributed by atoms with E-state index in [1.807, 2.05) is 0 Å². The Hall–Kier alpha value is -0.280. The number of hydrogen-bond donors (Lipinski definition) is 2. The van der Waals surface area contributed by atoms with Crippen molar-refractivity contribution in [1.29, 1.82) is 0 Å². The molecule has 0 aromatic heterocycles. The number of halogens is 1. The van der Waals surface area contributed by atoms with Crippen LogP contribution in [0.25, 0.3) is 0 Å². The van der Waals surface area contributed by atoms with E-state index in [1.165, 1.54) is 6.42 Å². The highest BCUT2D eigenvalue weighted by Crippen LogP contribution is 2.13. The number of amides is 1. The maximum absolute atomic E-state index is 11.4. The smallest absolute Gasteiger partial charge is 0.220 e. The van der Waals surface area contributed by atoms with Crippen LogP contribution in [0.4, 0.5) is 0 Å². The van der Waals surface area contributed by atoms with Crippen LogP contribution in [0.3, 0.4) is 0 Å². The van der Waals surface area contributed by atoms with Crippen LogP contribution in [0, 0.1) is 11.8 Å². The van der Waals surface area contributed by atoms with Gasteiger partial charge in [0.05, 0.1) is 0 Å². The summed E-state index contributed by atoms with van der Waals surface area (Å²) >= 11 is 0. The Kier molecular flexibility index (Phi) is 8.67. The van der Waals surface area contributed by atoms with E-state index in [-0.39, 0.29) is 18.3 Å². The third-order valence-electron chi connectivity index (χ3n) is 2.99. The molecule has 1 aliphatic heterocycles. The van der Waals surface area contributed by atoms with Gasteiger partial charge in [-0.2, -0.15) is 0 Å².